The summed E-state index contributed by atoms with van der Waals surface area (Å²) in [6, 6.07) is 0. The third-order valence-corrected chi connectivity index (χ3v) is 9.25. The number of carbonyl (C=O) groups excluding carboxylic acids is 2. The van der Waals surface area contributed by atoms with Crippen LogP contribution in [-0.2, 0) is 28.5 Å². The number of aliphatic hydroxyl groups is 4. The van der Waals surface area contributed by atoms with E-state index in [1.165, 1.54) is 0 Å². The van der Waals surface area contributed by atoms with Crippen LogP contribution in [0.2, 0.25) is 0 Å². The summed E-state index contributed by atoms with van der Waals surface area (Å²) in [4.78, 5) is 25.3. The molecule has 0 bridgehead atoms. The molecule has 2 unspecified atom stereocenters. The zero-order valence-corrected chi connectivity index (χ0v) is 35.9. The van der Waals surface area contributed by atoms with Gasteiger partial charge in [-0.05, 0) is 77.0 Å². The van der Waals surface area contributed by atoms with Crippen molar-refractivity contribution >= 4 is 11.9 Å². The summed E-state index contributed by atoms with van der Waals surface area (Å²) in [6.45, 7) is 3.08. The molecule has 332 valence electrons. The highest BCUT2D eigenvalue weighted by Gasteiger charge is 2.44. The van der Waals surface area contributed by atoms with Gasteiger partial charge in [0.15, 0.2) is 12.4 Å². The molecule has 1 aliphatic rings. The van der Waals surface area contributed by atoms with Gasteiger partial charge in [-0.3, -0.25) is 9.59 Å². The second-order valence-corrected chi connectivity index (χ2v) is 14.5. The van der Waals surface area contributed by atoms with Crippen molar-refractivity contribution in [1.82, 2.24) is 0 Å². The van der Waals surface area contributed by atoms with E-state index in [0.717, 1.165) is 89.9 Å². The van der Waals surface area contributed by atoms with Crippen molar-refractivity contribution in [2.45, 2.75) is 166 Å². The van der Waals surface area contributed by atoms with Crippen molar-refractivity contribution in [3.8, 4) is 0 Å². The first-order valence-electron chi connectivity index (χ1n) is 22.0. The maximum atomic E-state index is 12.8. The zero-order chi connectivity index (χ0) is 43.0. The Morgan fingerprint density at radius 2 is 1.03 bits per heavy atom. The van der Waals surface area contributed by atoms with Crippen molar-refractivity contribution in [1.29, 1.82) is 0 Å². The Morgan fingerprint density at radius 3 is 1.64 bits per heavy atom. The van der Waals surface area contributed by atoms with Crippen LogP contribution in [0.1, 0.15) is 129 Å². The number of esters is 2. The van der Waals surface area contributed by atoms with Crippen LogP contribution in [0.3, 0.4) is 0 Å². The minimum atomic E-state index is -1.61. The first-order chi connectivity index (χ1) is 28.8. The van der Waals surface area contributed by atoms with Gasteiger partial charge < -0.3 is 39.4 Å². The minimum Gasteiger partial charge on any atom is -0.462 e. The van der Waals surface area contributed by atoms with Crippen molar-refractivity contribution in [3.05, 3.63) is 109 Å². The molecule has 1 aliphatic heterocycles. The van der Waals surface area contributed by atoms with Crippen LogP contribution in [0, 0.1) is 0 Å². The fraction of sp³-hybridized carbons (Fsp3) is 0.592. The number of ether oxygens (including phenoxy) is 4. The lowest BCUT2D eigenvalue weighted by atomic mass is 9.99. The SMILES string of the molecule is CC/C=C/C=C/C=C/C=C/CCCCCCCC(=O)OC[C@H](CO[C@@H]1O[C@H](CO)[C@H](O)C(O)C1O)OC(=O)CCCCC/C=C/C/C=C/C/C=C/C/C=C/C/C=C/CC. The molecule has 0 spiro atoms. The Labute approximate surface area is 355 Å². The Morgan fingerprint density at radius 1 is 0.542 bits per heavy atom. The molecule has 0 aromatic heterocycles. The van der Waals surface area contributed by atoms with Gasteiger partial charge in [-0.15, -0.1) is 0 Å². The zero-order valence-electron chi connectivity index (χ0n) is 35.9. The third-order valence-electron chi connectivity index (χ3n) is 9.25. The molecule has 59 heavy (non-hydrogen) atoms. The number of aliphatic hydroxyl groups excluding tert-OH is 4. The fourth-order valence-electron chi connectivity index (χ4n) is 5.81. The van der Waals surface area contributed by atoms with E-state index < -0.39 is 55.4 Å². The molecular weight excluding hydrogens is 749 g/mol. The first-order valence-corrected chi connectivity index (χ1v) is 22.0. The molecule has 0 radical (unpaired) electrons. The third kappa shape index (κ3) is 30.1. The van der Waals surface area contributed by atoms with Crippen LogP contribution in [-0.4, -0.2) is 89.0 Å². The summed E-state index contributed by atoms with van der Waals surface area (Å²) in [5, 5.41) is 40.1. The maximum Gasteiger partial charge on any atom is 0.306 e. The molecule has 0 aromatic carbocycles. The number of rotatable bonds is 34. The number of carbonyl (C=O) groups is 2. The van der Waals surface area contributed by atoms with E-state index in [1.54, 1.807) is 0 Å². The van der Waals surface area contributed by atoms with E-state index in [9.17, 15) is 30.0 Å². The average molecular weight is 825 g/mol. The predicted molar refractivity (Wildman–Crippen MR) is 237 cm³/mol. The molecule has 1 rings (SSSR count). The van der Waals surface area contributed by atoms with Crippen molar-refractivity contribution < 1.29 is 49.0 Å². The Balaban J connectivity index is 2.40. The molecule has 4 N–H and O–H groups in total. The second kappa shape index (κ2) is 38.6. The van der Waals surface area contributed by atoms with E-state index in [2.05, 4.69) is 92.8 Å². The largest absolute Gasteiger partial charge is 0.462 e. The van der Waals surface area contributed by atoms with Gasteiger partial charge in [0.1, 0.15) is 31.0 Å². The molecule has 6 atom stereocenters. The highest BCUT2D eigenvalue weighted by atomic mass is 16.7. The molecule has 10 nitrogen and oxygen atoms in total. The van der Waals surface area contributed by atoms with E-state index in [-0.39, 0.29) is 26.1 Å². The van der Waals surface area contributed by atoms with Crippen molar-refractivity contribution in [2.24, 2.45) is 0 Å². The van der Waals surface area contributed by atoms with Crippen LogP contribution >= 0.6 is 0 Å². The molecule has 1 saturated heterocycles. The quantitative estimate of drug-likeness (QED) is 0.0214. The number of hydrogen-bond donors (Lipinski definition) is 4. The number of unbranched alkanes of at least 4 members (excludes halogenated alkanes) is 8. The summed E-state index contributed by atoms with van der Waals surface area (Å²) in [5.41, 5.74) is 0. The van der Waals surface area contributed by atoms with E-state index in [4.69, 9.17) is 18.9 Å². The van der Waals surface area contributed by atoms with Gasteiger partial charge in [-0.1, -0.05) is 149 Å². The minimum absolute atomic E-state index is 0.178. The summed E-state index contributed by atoms with van der Waals surface area (Å²) in [5.74, 6) is -0.885. The van der Waals surface area contributed by atoms with E-state index in [0.29, 0.717) is 12.8 Å². The highest BCUT2D eigenvalue weighted by Crippen LogP contribution is 2.22. The lowest BCUT2D eigenvalue weighted by Crippen LogP contribution is -2.59. The fourth-order valence-corrected chi connectivity index (χ4v) is 5.81. The Kier molecular flexibility index (Phi) is 34.9. The lowest BCUT2D eigenvalue weighted by molar-refractivity contribution is -0.305. The van der Waals surface area contributed by atoms with E-state index >= 15 is 0 Å². The molecule has 0 aliphatic carbocycles. The lowest BCUT2D eigenvalue weighted by Gasteiger charge is -2.39. The summed E-state index contributed by atoms with van der Waals surface area (Å²) in [7, 11) is 0. The summed E-state index contributed by atoms with van der Waals surface area (Å²) >= 11 is 0. The van der Waals surface area contributed by atoms with Gasteiger partial charge in [0.2, 0.25) is 0 Å². The molecule has 0 amide bonds. The van der Waals surface area contributed by atoms with Crippen LogP contribution in [0.4, 0.5) is 0 Å². The van der Waals surface area contributed by atoms with Gasteiger partial charge in [0.25, 0.3) is 0 Å². The van der Waals surface area contributed by atoms with Gasteiger partial charge in [-0.2, -0.15) is 0 Å². The Hall–Kier alpha value is -3.64. The van der Waals surface area contributed by atoms with Crippen LogP contribution in [0.5, 0.6) is 0 Å². The maximum absolute atomic E-state index is 12.8. The molecular formula is C49H76O10. The van der Waals surface area contributed by atoms with Crippen LogP contribution in [0.15, 0.2) is 109 Å². The van der Waals surface area contributed by atoms with E-state index in [1.807, 2.05) is 30.4 Å². The predicted octanol–water partition coefficient (Wildman–Crippen LogP) is 9.33. The van der Waals surface area contributed by atoms with Gasteiger partial charge in [0.05, 0.1) is 13.2 Å². The van der Waals surface area contributed by atoms with Gasteiger partial charge in [0, 0.05) is 12.8 Å². The average Bonchev–Trinajstić information content (AvgIpc) is 3.23. The summed E-state index contributed by atoms with van der Waals surface area (Å²) < 4.78 is 22.1. The van der Waals surface area contributed by atoms with Gasteiger partial charge >= 0.3 is 11.9 Å². The highest BCUT2D eigenvalue weighted by molar-refractivity contribution is 5.70. The molecule has 0 saturated carbocycles. The standard InChI is InChI=1S/C49H76O10/c1-3-5-7-9-11-13-15-17-19-20-21-22-24-26-28-30-32-34-36-38-45(52)58-42(41-57-49-48(55)47(54)46(53)43(39-50)59-49)40-56-44(51)37-35-33-31-29-27-25-23-18-16-14-12-10-8-6-4-2/h5-8,10-14,16-19,21-23,26,28,42-43,46-50,53-55H,3-4,9,15,20,24-25,27,29-41H2,1-2H3/b7-5+,8-6+,12-10+,13-11+,16-14+,19-17+,22-21+,23-18+,28-26+/t42-,43-,46+,47?,48?,49-/m1/s1. The molecule has 1 fully saturated rings. The van der Waals surface area contributed by atoms with Crippen molar-refractivity contribution in [3.63, 3.8) is 0 Å². The first kappa shape index (κ1) is 53.4. The normalized spacial score (nSPS) is 21.1. The molecule has 0 aromatic rings. The molecule has 10 heteroatoms. The van der Waals surface area contributed by atoms with Gasteiger partial charge in [-0.25, -0.2) is 0 Å². The molecule has 1 heterocycles. The monoisotopic (exact) mass is 825 g/mol. The van der Waals surface area contributed by atoms with Crippen LogP contribution in [0.25, 0.3) is 0 Å². The number of allylic oxidation sites excluding steroid dienone is 18. The Bertz CT molecular complexity index is 1320. The summed E-state index contributed by atoms with van der Waals surface area (Å²) in [6.07, 6.45) is 45.2. The van der Waals surface area contributed by atoms with Crippen molar-refractivity contribution in [2.75, 3.05) is 19.8 Å². The smallest absolute Gasteiger partial charge is 0.306 e. The number of hydrogen-bond acceptors (Lipinski definition) is 10. The van der Waals surface area contributed by atoms with Crippen LogP contribution < -0.4 is 0 Å². The topological polar surface area (TPSA) is 152 Å². The second-order valence-electron chi connectivity index (χ2n) is 14.5.